The number of rotatable bonds is 5. The van der Waals surface area contributed by atoms with Crippen molar-refractivity contribution < 1.29 is 9.18 Å². The number of aromatic nitrogens is 3. The SMILES string of the molecule is O=C(Cc1csc(-c2cccnc2)n1)N=c1sccn1Cc1ccccc1F. The molecule has 3 aromatic heterocycles. The summed E-state index contributed by atoms with van der Waals surface area (Å²) in [6, 6.07) is 10.4. The maximum Gasteiger partial charge on any atom is 0.254 e. The first-order valence-corrected chi connectivity index (χ1v) is 10.2. The zero-order chi connectivity index (χ0) is 19.3. The lowest BCUT2D eigenvalue weighted by atomic mass is 10.2. The van der Waals surface area contributed by atoms with E-state index in [1.54, 1.807) is 41.4 Å². The highest BCUT2D eigenvalue weighted by Gasteiger charge is 2.10. The molecule has 0 saturated carbocycles. The average molecular weight is 410 g/mol. The molecule has 0 bridgehead atoms. The van der Waals surface area contributed by atoms with Crippen LogP contribution in [0.5, 0.6) is 0 Å². The van der Waals surface area contributed by atoms with Crippen molar-refractivity contribution in [3.8, 4) is 10.6 Å². The molecule has 0 saturated heterocycles. The van der Waals surface area contributed by atoms with E-state index in [1.165, 1.54) is 28.7 Å². The molecular formula is C20H15FN4OS2. The van der Waals surface area contributed by atoms with Gasteiger partial charge in [0, 0.05) is 40.5 Å². The van der Waals surface area contributed by atoms with Crippen LogP contribution in [0, 0.1) is 5.82 Å². The Hall–Kier alpha value is -2.97. The zero-order valence-corrected chi connectivity index (χ0v) is 16.3. The third-order valence-electron chi connectivity index (χ3n) is 3.97. The average Bonchev–Trinajstić information content (AvgIpc) is 3.34. The van der Waals surface area contributed by atoms with Crippen LogP contribution in [0.3, 0.4) is 0 Å². The Bertz CT molecular complexity index is 1160. The fourth-order valence-electron chi connectivity index (χ4n) is 2.63. The Kier molecular flexibility index (Phi) is 5.50. The van der Waals surface area contributed by atoms with E-state index < -0.39 is 0 Å². The summed E-state index contributed by atoms with van der Waals surface area (Å²) >= 11 is 2.81. The molecule has 0 fully saturated rings. The summed E-state index contributed by atoms with van der Waals surface area (Å²) in [5.74, 6) is -0.559. The molecule has 0 N–H and O–H groups in total. The molecule has 0 aliphatic heterocycles. The normalized spacial score (nSPS) is 11.7. The minimum atomic E-state index is -0.284. The summed E-state index contributed by atoms with van der Waals surface area (Å²) in [6.07, 6.45) is 5.37. The van der Waals surface area contributed by atoms with Gasteiger partial charge in [0.25, 0.3) is 5.91 Å². The van der Waals surface area contributed by atoms with Gasteiger partial charge in [0.15, 0.2) is 4.80 Å². The van der Waals surface area contributed by atoms with Crippen LogP contribution >= 0.6 is 22.7 Å². The van der Waals surface area contributed by atoms with Crippen molar-refractivity contribution in [3.05, 3.63) is 87.6 Å². The predicted octanol–water partition coefficient (Wildman–Crippen LogP) is 3.93. The second kappa shape index (κ2) is 8.37. The number of benzene rings is 1. The summed E-state index contributed by atoms with van der Waals surface area (Å²) < 4.78 is 15.7. The van der Waals surface area contributed by atoms with E-state index in [1.807, 2.05) is 22.9 Å². The molecule has 0 spiro atoms. The van der Waals surface area contributed by atoms with Gasteiger partial charge in [-0.2, -0.15) is 4.99 Å². The van der Waals surface area contributed by atoms with Gasteiger partial charge >= 0.3 is 0 Å². The molecule has 8 heteroatoms. The quantitative estimate of drug-likeness (QED) is 0.501. The van der Waals surface area contributed by atoms with Crippen molar-refractivity contribution in [2.45, 2.75) is 13.0 Å². The van der Waals surface area contributed by atoms with E-state index in [-0.39, 0.29) is 18.1 Å². The predicted molar refractivity (Wildman–Crippen MR) is 107 cm³/mol. The molecule has 0 aliphatic carbocycles. The van der Waals surface area contributed by atoms with Gasteiger partial charge in [0.1, 0.15) is 10.8 Å². The standard InChI is InChI=1S/C20H15FN4OS2/c21-17-6-2-1-4-15(17)12-25-8-9-27-20(25)24-18(26)10-16-13-28-19(23-16)14-5-3-7-22-11-14/h1-9,11,13H,10,12H2. The van der Waals surface area contributed by atoms with Gasteiger partial charge in [-0.15, -0.1) is 22.7 Å². The van der Waals surface area contributed by atoms with Crippen molar-refractivity contribution in [2.24, 2.45) is 4.99 Å². The molecule has 4 rings (SSSR count). The van der Waals surface area contributed by atoms with Crippen molar-refractivity contribution in [2.75, 3.05) is 0 Å². The first-order valence-electron chi connectivity index (χ1n) is 8.49. The number of hydrogen-bond donors (Lipinski definition) is 0. The molecule has 0 aliphatic rings. The van der Waals surface area contributed by atoms with E-state index in [2.05, 4.69) is 15.0 Å². The van der Waals surface area contributed by atoms with Gasteiger partial charge < -0.3 is 4.57 Å². The highest BCUT2D eigenvalue weighted by atomic mass is 32.1. The fraction of sp³-hybridized carbons (Fsp3) is 0.100. The van der Waals surface area contributed by atoms with Crippen LogP contribution in [0.1, 0.15) is 11.3 Å². The summed E-state index contributed by atoms with van der Waals surface area (Å²) in [5, 5.41) is 4.51. The number of hydrogen-bond acceptors (Lipinski definition) is 5. The number of halogens is 1. The number of carbonyl (C=O) groups excluding carboxylic acids is 1. The lowest BCUT2D eigenvalue weighted by Gasteiger charge is -2.04. The van der Waals surface area contributed by atoms with Crippen LogP contribution in [0.25, 0.3) is 10.6 Å². The van der Waals surface area contributed by atoms with Crippen LogP contribution in [0.15, 0.2) is 70.7 Å². The van der Waals surface area contributed by atoms with E-state index in [0.29, 0.717) is 22.6 Å². The van der Waals surface area contributed by atoms with Crippen LogP contribution in [0.4, 0.5) is 4.39 Å². The van der Waals surface area contributed by atoms with Gasteiger partial charge in [-0.3, -0.25) is 9.78 Å². The maximum atomic E-state index is 13.9. The van der Waals surface area contributed by atoms with Crippen LogP contribution in [0.2, 0.25) is 0 Å². The third kappa shape index (κ3) is 4.29. The Morgan fingerprint density at radius 2 is 2.07 bits per heavy atom. The van der Waals surface area contributed by atoms with Crippen LogP contribution in [-0.4, -0.2) is 20.4 Å². The Morgan fingerprint density at radius 1 is 1.18 bits per heavy atom. The summed E-state index contributed by atoms with van der Waals surface area (Å²) in [5.41, 5.74) is 2.15. The molecular weight excluding hydrogens is 395 g/mol. The topological polar surface area (TPSA) is 60.1 Å². The molecule has 1 amide bonds. The molecule has 3 heterocycles. The highest BCUT2D eigenvalue weighted by Crippen LogP contribution is 2.22. The molecule has 0 atom stereocenters. The van der Waals surface area contributed by atoms with Crippen LogP contribution in [-0.2, 0) is 17.8 Å². The zero-order valence-electron chi connectivity index (χ0n) is 14.7. The molecule has 1 aromatic carbocycles. The second-order valence-corrected chi connectivity index (χ2v) is 7.70. The smallest absolute Gasteiger partial charge is 0.254 e. The van der Waals surface area contributed by atoms with Crippen molar-refractivity contribution in [1.82, 2.24) is 14.5 Å². The van der Waals surface area contributed by atoms with Gasteiger partial charge in [-0.25, -0.2) is 9.37 Å². The lowest BCUT2D eigenvalue weighted by Crippen LogP contribution is -2.18. The van der Waals surface area contributed by atoms with E-state index in [4.69, 9.17) is 0 Å². The summed E-state index contributed by atoms with van der Waals surface area (Å²) in [7, 11) is 0. The van der Waals surface area contributed by atoms with Crippen molar-refractivity contribution >= 4 is 28.6 Å². The fourth-order valence-corrected chi connectivity index (χ4v) is 4.18. The first kappa shape index (κ1) is 18.4. The van der Waals surface area contributed by atoms with Crippen molar-refractivity contribution in [1.29, 1.82) is 0 Å². The largest absolute Gasteiger partial charge is 0.319 e. The van der Waals surface area contributed by atoms with Crippen molar-refractivity contribution in [3.63, 3.8) is 0 Å². The monoisotopic (exact) mass is 410 g/mol. The molecule has 140 valence electrons. The van der Waals surface area contributed by atoms with Gasteiger partial charge in [-0.1, -0.05) is 18.2 Å². The van der Waals surface area contributed by atoms with Crippen LogP contribution < -0.4 is 4.80 Å². The van der Waals surface area contributed by atoms with Gasteiger partial charge in [0.2, 0.25) is 0 Å². The minimum Gasteiger partial charge on any atom is -0.319 e. The second-order valence-electron chi connectivity index (χ2n) is 5.97. The minimum absolute atomic E-state index is 0.119. The van der Waals surface area contributed by atoms with E-state index in [9.17, 15) is 9.18 Å². The Balaban J connectivity index is 1.50. The van der Waals surface area contributed by atoms with E-state index >= 15 is 0 Å². The molecule has 0 unspecified atom stereocenters. The Morgan fingerprint density at radius 3 is 2.89 bits per heavy atom. The summed E-state index contributed by atoms with van der Waals surface area (Å²) in [6.45, 7) is 0.324. The molecule has 28 heavy (non-hydrogen) atoms. The molecule has 5 nitrogen and oxygen atoms in total. The van der Waals surface area contributed by atoms with Gasteiger partial charge in [0.05, 0.1) is 18.7 Å². The lowest BCUT2D eigenvalue weighted by molar-refractivity contribution is -0.117. The number of carbonyl (C=O) groups is 1. The maximum absolute atomic E-state index is 13.9. The molecule has 0 radical (unpaired) electrons. The number of amides is 1. The molecule has 4 aromatic rings. The first-order chi connectivity index (χ1) is 13.7. The summed E-state index contributed by atoms with van der Waals surface area (Å²) in [4.78, 5) is 25.7. The third-order valence-corrected chi connectivity index (χ3v) is 5.71. The highest BCUT2D eigenvalue weighted by molar-refractivity contribution is 7.13. The number of pyridine rings is 1. The van der Waals surface area contributed by atoms with E-state index in [0.717, 1.165) is 10.6 Å². The number of thiazole rings is 2. The Labute approximate surface area is 168 Å². The number of nitrogens with zero attached hydrogens (tertiary/aromatic N) is 4. The van der Waals surface area contributed by atoms with Gasteiger partial charge in [-0.05, 0) is 18.2 Å².